The van der Waals surface area contributed by atoms with Gasteiger partial charge >= 0.3 is 155 Å². The van der Waals surface area contributed by atoms with Gasteiger partial charge < -0.3 is 0 Å². The summed E-state index contributed by atoms with van der Waals surface area (Å²) in [5.74, 6) is 4.01. The number of rotatable bonds is 7. The van der Waals surface area contributed by atoms with Crippen LogP contribution in [-0.2, 0) is 0 Å². The fourth-order valence-electron chi connectivity index (χ4n) is 2.21. The van der Waals surface area contributed by atoms with Crippen LogP contribution in [0.1, 0.15) is 20.7 Å². The van der Waals surface area contributed by atoms with Crippen molar-refractivity contribution in [1.29, 1.82) is 0 Å². The van der Waals surface area contributed by atoms with Gasteiger partial charge in [0.25, 0.3) is 0 Å². The van der Waals surface area contributed by atoms with Crippen LogP contribution < -0.4 is 19.6 Å². The number of hydrogen-bond donors (Lipinski definition) is 2. The topological polar surface area (TPSA) is 58.2 Å². The van der Waals surface area contributed by atoms with Crippen molar-refractivity contribution in [2.45, 2.75) is 11.6 Å². The Bertz CT molecular complexity index is 658. The van der Waals surface area contributed by atoms with E-state index >= 15 is 0 Å². The molecular weight excluding hydrogens is 434 g/mol. The monoisotopic (exact) mass is 456 g/mol. The van der Waals surface area contributed by atoms with Gasteiger partial charge in [0.15, 0.2) is 0 Å². The third kappa shape index (κ3) is 4.96. The molecule has 0 atom stereocenters. The van der Waals surface area contributed by atoms with Crippen LogP contribution in [0.2, 0.25) is 11.6 Å². The molecule has 0 spiro atoms. The van der Waals surface area contributed by atoms with Gasteiger partial charge in [0.2, 0.25) is 0 Å². The molecule has 0 saturated carbocycles. The van der Waals surface area contributed by atoms with E-state index in [4.69, 9.17) is 0 Å². The Morgan fingerprint density at radius 1 is 0.750 bits per heavy atom. The summed E-state index contributed by atoms with van der Waals surface area (Å²) in [6.45, 7) is 0.824. The predicted octanol–water partition coefficient (Wildman–Crippen LogP) is 0.602. The zero-order valence-corrected chi connectivity index (χ0v) is 17.1. The van der Waals surface area contributed by atoms with E-state index in [-0.39, 0.29) is 41.7 Å². The van der Waals surface area contributed by atoms with Crippen molar-refractivity contribution in [2.24, 2.45) is 0 Å². The molecule has 24 heavy (non-hydrogen) atoms. The third-order valence-corrected chi connectivity index (χ3v) is 6.74. The van der Waals surface area contributed by atoms with E-state index in [0.29, 0.717) is 13.1 Å². The van der Waals surface area contributed by atoms with Crippen molar-refractivity contribution in [3.8, 4) is 0 Å². The fourth-order valence-corrected chi connectivity index (χ4v) is 4.70. The molecule has 2 N–H and O–H groups in total. The second-order valence-electron chi connectivity index (χ2n) is 4.91. The Kier molecular flexibility index (Phi) is 7.54. The van der Waals surface area contributed by atoms with Gasteiger partial charge in [-0.1, -0.05) is 0 Å². The van der Waals surface area contributed by atoms with E-state index < -0.39 is 0 Å². The molecule has 126 valence electrons. The maximum absolute atomic E-state index is 12.2. The van der Waals surface area contributed by atoms with Gasteiger partial charge in [0.05, 0.1) is 0 Å². The molecule has 4 nitrogen and oxygen atoms in total. The average molecular weight is 454 g/mol. The van der Waals surface area contributed by atoms with Gasteiger partial charge in [-0.05, 0) is 0 Å². The molecule has 0 aromatic heterocycles. The summed E-state index contributed by atoms with van der Waals surface area (Å²) in [6, 6.07) is 15.3. The molecule has 0 unspecified atom stereocenters. The Morgan fingerprint density at radius 3 is 1.50 bits per heavy atom. The van der Waals surface area contributed by atoms with Gasteiger partial charge in [-0.15, -0.1) is 0 Å². The average Bonchev–Trinajstić information content (AvgIpc) is 2.64. The molecule has 0 heterocycles. The summed E-state index contributed by atoms with van der Waals surface area (Å²) in [7, 11) is 0. The van der Waals surface area contributed by atoms with Crippen molar-refractivity contribution in [3.05, 3.63) is 59.7 Å². The van der Waals surface area contributed by atoms with Crippen LogP contribution in [0.15, 0.2) is 48.5 Å². The molecule has 2 aromatic rings. The Hall–Kier alpha value is -1.58. The number of nitrogens with one attached hydrogen (secondary N) is 2. The van der Waals surface area contributed by atoms with Gasteiger partial charge in [0.1, 0.15) is 0 Å². The van der Waals surface area contributed by atoms with E-state index in [1.807, 2.05) is 48.5 Å². The Labute approximate surface area is 155 Å². The Morgan fingerprint density at radius 2 is 1.12 bits per heavy atom. The fraction of sp³-hybridized carbons (Fsp3) is 0.222. The molecule has 0 aliphatic carbocycles. The van der Waals surface area contributed by atoms with E-state index in [9.17, 15) is 9.59 Å². The standard InChI is InChI=1S/C18H20N2O2Se2/c1-23-15-9-5-3-7-13(15)17(21)19-11-12-20-18(22)14-8-4-6-10-16(14)24-2/h3-10H,11-12H2,1-2H3,(H,19,21)(H,20,22). The molecule has 6 heteroatoms. The number of hydrogen-bond acceptors (Lipinski definition) is 2. The van der Waals surface area contributed by atoms with Crippen molar-refractivity contribution >= 4 is 50.7 Å². The van der Waals surface area contributed by atoms with Gasteiger partial charge in [-0.25, -0.2) is 0 Å². The third-order valence-electron chi connectivity index (χ3n) is 3.40. The summed E-state index contributed by atoms with van der Waals surface area (Å²) < 4.78 is 2.18. The van der Waals surface area contributed by atoms with Crippen LogP contribution in [0.3, 0.4) is 0 Å². The van der Waals surface area contributed by atoms with Crippen LogP contribution in [0, 0.1) is 0 Å². The number of amides is 2. The second-order valence-corrected chi connectivity index (χ2v) is 8.47. The quantitative estimate of drug-likeness (QED) is 0.476. The van der Waals surface area contributed by atoms with Crippen LogP contribution in [0.5, 0.6) is 0 Å². The van der Waals surface area contributed by atoms with Crippen LogP contribution in [0.4, 0.5) is 0 Å². The first-order valence-electron chi connectivity index (χ1n) is 7.49. The molecule has 2 rings (SSSR count). The first-order valence-corrected chi connectivity index (χ1v) is 12.6. The normalized spacial score (nSPS) is 10.2. The second kappa shape index (κ2) is 9.65. The molecule has 2 aromatic carbocycles. The van der Waals surface area contributed by atoms with E-state index in [1.54, 1.807) is 0 Å². The minimum atomic E-state index is -0.0825. The molecule has 0 radical (unpaired) electrons. The molecule has 0 aliphatic heterocycles. The summed E-state index contributed by atoms with van der Waals surface area (Å²) in [5.41, 5.74) is 1.45. The summed E-state index contributed by atoms with van der Waals surface area (Å²) in [4.78, 5) is 24.5. The van der Waals surface area contributed by atoms with Gasteiger partial charge in [-0.2, -0.15) is 0 Å². The van der Waals surface area contributed by atoms with Crippen molar-refractivity contribution in [1.82, 2.24) is 10.6 Å². The minimum absolute atomic E-state index is 0.0825. The summed E-state index contributed by atoms with van der Waals surface area (Å²) in [6.07, 6.45) is 0. The van der Waals surface area contributed by atoms with E-state index in [0.717, 1.165) is 20.1 Å². The first kappa shape index (κ1) is 18.8. The molecule has 0 fully saturated rings. The number of carbonyl (C=O) groups is 2. The van der Waals surface area contributed by atoms with Crippen molar-refractivity contribution in [2.75, 3.05) is 13.1 Å². The number of carbonyl (C=O) groups excluding carboxylic acids is 2. The van der Waals surface area contributed by atoms with Crippen molar-refractivity contribution in [3.63, 3.8) is 0 Å². The summed E-state index contributed by atoms with van der Waals surface area (Å²) in [5, 5.41) is 5.74. The molecule has 0 bridgehead atoms. The van der Waals surface area contributed by atoms with E-state index in [2.05, 4.69) is 22.3 Å². The van der Waals surface area contributed by atoms with Crippen LogP contribution in [0.25, 0.3) is 0 Å². The van der Waals surface area contributed by atoms with Crippen LogP contribution in [-0.4, -0.2) is 54.8 Å². The Balaban J connectivity index is 1.84. The number of benzene rings is 2. The summed E-state index contributed by atoms with van der Waals surface area (Å²) >= 11 is 0.543. The molecule has 2 amide bonds. The van der Waals surface area contributed by atoms with Crippen LogP contribution >= 0.6 is 0 Å². The molecule has 0 aliphatic rings. The zero-order chi connectivity index (χ0) is 17.4. The van der Waals surface area contributed by atoms with E-state index in [1.165, 1.54) is 0 Å². The zero-order valence-electron chi connectivity index (χ0n) is 13.7. The molecule has 0 saturated heterocycles. The van der Waals surface area contributed by atoms with Gasteiger partial charge in [0, 0.05) is 0 Å². The maximum atomic E-state index is 12.2. The molecular formula is C18H20N2O2Se2. The first-order chi connectivity index (χ1) is 11.7. The SMILES string of the molecule is C[Se]c1ccccc1C(=O)NCCNC(=O)c1ccccc1[Se]C. The predicted molar refractivity (Wildman–Crippen MR) is 100 cm³/mol. The van der Waals surface area contributed by atoms with Gasteiger partial charge in [-0.3, -0.25) is 0 Å². The van der Waals surface area contributed by atoms with Crippen molar-refractivity contribution < 1.29 is 9.59 Å².